The molecule has 0 fully saturated rings. The number of carbonyl (C=O) groups excluding carboxylic acids is 1. The van der Waals surface area contributed by atoms with Crippen molar-refractivity contribution in [2.75, 3.05) is 19.5 Å². The molecule has 1 aliphatic heterocycles. The monoisotopic (exact) mass is 320 g/mol. The molecule has 1 unspecified atom stereocenters. The van der Waals surface area contributed by atoms with Crippen molar-refractivity contribution < 1.29 is 9.53 Å². The van der Waals surface area contributed by atoms with Gasteiger partial charge >= 0.3 is 0 Å². The smallest absolute Gasteiger partial charge is 0.218 e. The number of fused-ring (bicyclic) bond motifs is 1. The van der Waals surface area contributed by atoms with Gasteiger partial charge < -0.3 is 4.74 Å². The van der Waals surface area contributed by atoms with Gasteiger partial charge in [-0.15, -0.1) is 0 Å². The molecule has 1 heterocycles. The molecule has 0 bridgehead atoms. The number of nitrogens with one attached hydrogen (secondary N) is 1. The average molecular weight is 320 g/mol. The Balaban J connectivity index is 1.98. The van der Waals surface area contributed by atoms with Gasteiger partial charge in [0.05, 0.1) is 16.8 Å². The second-order valence-electron chi connectivity index (χ2n) is 5.53. The van der Waals surface area contributed by atoms with Gasteiger partial charge in [0.15, 0.2) is 5.71 Å². The standard InChI is InChI=1S/C18H16N4O2/c1-22(2)18-16(17(23)13-8-4-6-10-15(13)24-18)21-20-14-9-5-3-7-12(14)11-19/h3-10,18,20H,1-2H3/b21-16+. The molecule has 0 amide bonds. The first kappa shape index (κ1) is 15.7. The lowest BCUT2D eigenvalue weighted by atomic mass is 10.0. The normalized spacial score (nSPS) is 18.0. The van der Waals surface area contributed by atoms with Gasteiger partial charge in [-0.25, -0.2) is 0 Å². The minimum absolute atomic E-state index is 0.197. The van der Waals surface area contributed by atoms with Crippen LogP contribution in [0.4, 0.5) is 5.69 Å². The minimum atomic E-state index is -0.603. The van der Waals surface area contributed by atoms with Gasteiger partial charge in [-0.3, -0.25) is 15.1 Å². The van der Waals surface area contributed by atoms with Crippen LogP contribution in [0, 0.1) is 11.3 Å². The Labute approximate surface area is 140 Å². The van der Waals surface area contributed by atoms with E-state index in [0.29, 0.717) is 22.6 Å². The highest BCUT2D eigenvalue weighted by Crippen LogP contribution is 2.27. The minimum Gasteiger partial charge on any atom is -0.468 e. The first-order valence-electron chi connectivity index (χ1n) is 7.41. The Hall–Kier alpha value is -3.17. The first-order chi connectivity index (χ1) is 11.6. The molecule has 3 rings (SSSR count). The molecule has 24 heavy (non-hydrogen) atoms. The van der Waals surface area contributed by atoms with Crippen molar-refractivity contribution in [1.29, 1.82) is 5.26 Å². The molecular weight excluding hydrogens is 304 g/mol. The van der Waals surface area contributed by atoms with Crippen LogP contribution in [-0.2, 0) is 0 Å². The van der Waals surface area contributed by atoms with Crippen molar-refractivity contribution in [3.63, 3.8) is 0 Å². The maximum absolute atomic E-state index is 12.8. The summed E-state index contributed by atoms with van der Waals surface area (Å²) in [6, 6.07) is 16.1. The molecule has 6 nitrogen and oxygen atoms in total. The van der Waals surface area contributed by atoms with E-state index in [9.17, 15) is 4.79 Å². The summed E-state index contributed by atoms with van der Waals surface area (Å²) in [5.74, 6) is 0.343. The largest absolute Gasteiger partial charge is 0.468 e. The number of nitriles is 1. The van der Waals surface area contributed by atoms with E-state index in [0.717, 1.165) is 0 Å². The molecule has 0 aromatic heterocycles. The Morgan fingerprint density at radius 3 is 2.62 bits per heavy atom. The van der Waals surface area contributed by atoms with Crippen molar-refractivity contribution in [2.24, 2.45) is 5.10 Å². The summed E-state index contributed by atoms with van der Waals surface area (Å²) < 4.78 is 5.89. The molecule has 2 aromatic carbocycles. The number of Topliss-reactive ketones (excluding diaryl/α,β-unsaturated/α-hetero) is 1. The molecule has 0 radical (unpaired) electrons. The van der Waals surface area contributed by atoms with E-state index in [1.807, 2.05) is 20.2 Å². The predicted octanol–water partition coefficient (Wildman–Crippen LogP) is 2.49. The lowest BCUT2D eigenvalue weighted by molar-refractivity contribution is 0.0898. The van der Waals surface area contributed by atoms with Gasteiger partial charge in [0, 0.05) is 0 Å². The van der Waals surface area contributed by atoms with Crippen LogP contribution in [0.1, 0.15) is 15.9 Å². The molecule has 6 heteroatoms. The molecule has 0 aliphatic carbocycles. The van der Waals surface area contributed by atoms with E-state index < -0.39 is 6.23 Å². The predicted molar refractivity (Wildman–Crippen MR) is 91.1 cm³/mol. The number of ketones is 1. The average Bonchev–Trinajstić information content (AvgIpc) is 2.61. The van der Waals surface area contributed by atoms with Gasteiger partial charge in [0.1, 0.15) is 11.8 Å². The van der Waals surface area contributed by atoms with Gasteiger partial charge in [0.25, 0.3) is 0 Å². The summed E-state index contributed by atoms with van der Waals surface area (Å²) in [7, 11) is 3.62. The van der Waals surface area contributed by atoms with Crippen LogP contribution in [0.15, 0.2) is 53.6 Å². The fourth-order valence-electron chi connectivity index (χ4n) is 2.44. The molecule has 2 aromatic rings. The van der Waals surface area contributed by atoms with Crippen LogP contribution in [0.5, 0.6) is 5.75 Å². The Kier molecular flexibility index (Phi) is 4.27. The van der Waals surface area contributed by atoms with Crippen LogP contribution < -0.4 is 10.2 Å². The number of hydrazone groups is 1. The highest BCUT2D eigenvalue weighted by atomic mass is 16.5. The molecule has 0 saturated carbocycles. The van der Waals surface area contributed by atoms with Gasteiger partial charge in [-0.2, -0.15) is 10.4 Å². The van der Waals surface area contributed by atoms with Crippen LogP contribution in [0.3, 0.4) is 0 Å². The van der Waals surface area contributed by atoms with Crippen LogP contribution in [0.25, 0.3) is 0 Å². The van der Waals surface area contributed by atoms with E-state index in [1.165, 1.54) is 0 Å². The first-order valence-corrected chi connectivity index (χ1v) is 7.41. The molecule has 1 N–H and O–H groups in total. The highest BCUT2D eigenvalue weighted by Gasteiger charge is 2.35. The number of hydrogen-bond donors (Lipinski definition) is 1. The summed E-state index contributed by atoms with van der Waals surface area (Å²) in [5, 5.41) is 13.4. The quantitative estimate of drug-likeness (QED) is 0.879. The molecule has 120 valence electrons. The van der Waals surface area contributed by atoms with E-state index >= 15 is 0 Å². The molecule has 0 saturated heterocycles. The fourth-order valence-corrected chi connectivity index (χ4v) is 2.44. The zero-order valence-corrected chi connectivity index (χ0v) is 13.4. The lowest BCUT2D eigenvalue weighted by Gasteiger charge is -2.30. The maximum atomic E-state index is 12.8. The SMILES string of the molecule is CN(C)C1Oc2ccccc2C(=O)/C1=N\Nc1ccccc1C#N. The highest BCUT2D eigenvalue weighted by molar-refractivity contribution is 6.48. The summed E-state index contributed by atoms with van der Waals surface area (Å²) in [6.07, 6.45) is -0.603. The number of nitrogens with zero attached hydrogens (tertiary/aromatic N) is 3. The summed E-state index contributed by atoms with van der Waals surface area (Å²) in [5.41, 5.74) is 4.53. The zero-order valence-electron chi connectivity index (χ0n) is 13.4. The van der Waals surface area contributed by atoms with Gasteiger partial charge in [-0.1, -0.05) is 24.3 Å². The van der Waals surface area contributed by atoms with Crippen molar-refractivity contribution in [1.82, 2.24) is 4.90 Å². The van der Waals surface area contributed by atoms with Crippen LogP contribution in [-0.4, -0.2) is 36.7 Å². The number of rotatable bonds is 3. The third-order valence-electron chi connectivity index (χ3n) is 3.65. The number of hydrogen-bond acceptors (Lipinski definition) is 6. The number of anilines is 1. The third kappa shape index (κ3) is 2.85. The van der Waals surface area contributed by atoms with Gasteiger partial charge in [-0.05, 0) is 38.4 Å². The van der Waals surface area contributed by atoms with E-state index in [-0.39, 0.29) is 11.5 Å². The number of benzene rings is 2. The maximum Gasteiger partial charge on any atom is 0.218 e. The topological polar surface area (TPSA) is 77.7 Å². The summed E-state index contributed by atoms with van der Waals surface area (Å²) >= 11 is 0. The van der Waals surface area contributed by atoms with E-state index in [4.69, 9.17) is 10.00 Å². The van der Waals surface area contributed by atoms with E-state index in [2.05, 4.69) is 16.6 Å². The van der Waals surface area contributed by atoms with Crippen LogP contribution in [0.2, 0.25) is 0 Å². The third-order valence-corrected chi connectivity index (χ3v) is 3.65. The number of carbonyl (C=O) groups is 1. The van der Waals surface area contributed by atoms with Crippen molar-refractivity contribution >= 4 is 17.2 Å². The summed E-state index contributed by atoms with van der Waals surface area (Å²) in [4.78, 5) is 14.5. The summed E-state index contributed by atoms with van der Waals surface area (Å²) in [6.45, 7) is 0. The second-order valence-corrected chi connectivity index (χ2v) is 5.53. The van der Waals surface area contributed by atoms with Crippen molar-refractivity contribution in [3.8, 4) is 11.8 Å². The Morgan fingerprint density at radius 1 is 1.17 bits per heavy atom. The molecule has 0 spiro atoms. The fraction of sp³-hybridized carbons (Fsp3) is 0.167. The molecule has 1 atom stereocenters. The number of para-hydroxylation sites is 2. The number of ether oxygens (including phenoxy) is 1. The molecular formula is C18H16N4O2. The Bertz CT molecular complexity index is 852. The van der Waals surface area contributed by atoms with E-state index in [1.54, 1.807) is 47.4 Å². The van der Waals surface area contributed by atoms with Crippen molar-refractivity contribution in [3.05, 3.63) is 59.7 Å². The Morgan fingerprint density at radius 2 is 1.88 bits per heavy atom. The van der Waals surface area contributed by atoms with Crippen LogP contribution >= 0.6 is 0 Å². The zero-order chi connectivity index (χ0) is 17.1. The second kappa shape index (κ2) is 6.52. The lowest BCUT2D eigenvalue weighted by Crippen LogP contribution is -2.47. The molecule has 1 aliphatic rings. The van der Waals surface area contributed by atoms with Gasteiger partial charge in [0.2, 0.25) is 12.0 Å². The van der Waals surface area contributed by atoms with Crippen molar-refractivity contribution in [2.45, 2.75) is 6.23 Å².